The van der Waals surface area contributed by atoms with E-state index in [0.717, 1.165) is 31.5 Å². The molecule has 0 saturated carbocycles. The van der Waals surface area contributed by atoms with Gasteiger partial charge in [0.2, 0.25) is 5.91 Å². The highest BCUT2D eigenvalue weighted by molar-refractivity contribution is 6.03. The van der Waals surface area contributed by atoms with E-state index in [0.29, 0.717) is 11.5 Å². The molecule has 2 amide bonds. The van der Waals surface area contributed by atoms with Crippen LogP contribution in [-0.4, -0.2) is 53.3 Å². The molecule has 1 aromatic heterocycles. The zero-order valence-electron chi connectivity index (χ0n) is 16.4. The van der Waals surface area contributed by atoms with E-state index in [9.17, 15) is 19.7 Å². The molecule has 0 atom stereocenters. The minimum atomic E-state index is -0.527. The number of nitro benzene ring substituents is 1. The molecule has 1 aliphatic heterocycles. The molecule has 1 N–H and O–H groups in total. The number of carbonyl (C=O) groups is 2. The highest BCUT2D eigenvalue weighted by Crippen LogP contribution is 2.29. The highest BCUT2D eigenvalue weighted by atomic mass is 16.6. The van der Waals surface area contributed by atoms with Crippen molar-refractivity contribution in [3.63, 3.8) is 0 Å². The zero-order valence-corrected chi connectivity index (χ0v) is 16.4. The lowest BCUT2D eigenvalue weighted by atomic mass is 10.1. The predicted octanol–water partition coefficient (Wildman–Crippen LogP) is 2.61. The Hall–Kier alpha value is -3.49. The van der Waals surface area contributed by atoms with Crippen LogP contribution in [0.25, 0.3) is 0 Å². The van der Waals surface area contributed by atoms with E-state index in [2.05, 4.69) is 10.3 Å². The molecule has 1 saturated heterocycles. The number of hydrogen-bond donors (Lipinski definition) is 1. The van der Waals surface area contributed by atoms with Crippen LogP contribution < -0.4 is 10.2 Å². The third kappa shape index (κ3) is 4.87. The quantitative estimate of drug-likeness (QED) is 0.593. The summed E-state index contributed by atoms with van der Waals surface area (Å²) in [6, 6.07) is 7.84. The molecule has 1 aliphatic rings. The maximum absolute atomic E-state index is 13.0. The molecular formula is C20H23N5O4. The third-order valence-electron chi connectivity index (χ3n) is 4.78. The number of hydrogen-bond acceptors (Lipinski definition) is 6. The fourth-order valence-corrected chi connectivity index (χ4v) is 3.32. The van der Waals surface area contributed by atoms with Gasteiger partial charge in [-0.2, -0.15) is 0 Å². The van der Waals surface area contributed by atoms with Crippen LogP contribution in [0.5, 0.6) is 0 Å². The number of aromatic nitrogens is 1. The van der Waals surface area contributed by atoms with Gasteiger partial charge in [0.1, 0.15) is 5.82 Å². The van der Waals surface area contributed by atoms with Gasteiger partial charge in [0.25, 0.3) is 11.6 Å². The number of nitro groups is 1. The van der Waals surface area contributed by atoms with Gasteiger partial charge in [-0.25, -0.2) is 4.98 Å². The Bertz CT molecular complexity index is 940. The summed E-state index contributed by atoms with van der Waals surface area (Å²) in [7, 11) is 1.50. The number of aryl methyl sites for hydroxylation is 1. The Kier molecular flexibility index (Phi) is 6.06. The summed E-state index contributed by atoms with van der Waals surface area (Å²) < 4.78 is 0. The number of benzene rings is 1. The normalized spacial score (nSPS) is 13.2. The smallest absolute Gasteiger partial charge is 0.270 e. The van der Waals surface area contributed by atoms with Gasteiger partial charge in [-0.3, -0.25) is 19.7 Å². The molecule has 9 nitrogen and oxygen atoms in total. The van der Waals surface area contributed by atoms with Gasteiger partial charge < -0.3 is 15.1 Å². The number of carbonyl (C=O) groups excluding carboxylic acids is 2. The molecule has 2 aromatic rings. The topological polar surface area (TPSA) is 109 Å². The van der Waals surface area contributed by atoms with Crippen molar-refractivity contribution in [3.05, 3.63) is 57.8 Å². The van der Waals surface area contributed by atoms with Crippen molar-refractivity contribution in [1.29, 1.82) is 0 Å². The molecular weight excluding hydrogens is 374 g/mol. The van der Waals surface area contributed by atoms with Gasteiger partial charge in [-0.05, 0) is 43.5 Å². The maximum Gasteiger partial charge on any atom is 0.270 e. The summed E-state index contributed by atoms with van der Waals surface area (Å²) in [6.07, 6.45) is 3.60. The van der Waals surface area contributed by atoms with E-state index in [-0.39, 0.29) is 17.8 Å². The molecule has 0 spiro atoms. The summed E-state index contributed by atoms with van der Waals surface area (Å²) in [5.41, 5.74) is 1.68. The summed E-state index contributed by atoms with van der Waals surface area (Å²) in [6.45, 7) is 3.27. The van der Waals surface area contributed by atoms with Gasteiger partial charge in [-0.15, -0.1) is 0 Å². The first-order valence-corrected chi connectivity index (χ1v) is 9.36. The number of pyridine rings is 1. The Morgan fingerprint density at radius 3 is 2.62 bits per heavy atom. The second kappa shape index (κ2) is 8.68. The van der Waals surface area contributed by atoms with Crippen molar-refractivity contribution in [2.24, 2.45) is 0 Å². The van der Waals surface area contributed by atoms with Crippen LogP contribution in [0.2, 0.25) is 0 Å². The number of amides is 2. The lowest BCUT2D eigenvalue weighted by Gasteiger charge is -2.23. The first kappa shape index (κ1) is 20.2. The highest BCUT2D eigenvalue weighted by Gasteiger charge is 2.25. The van der Waals surface area contributed by atoms with E-state index in [1.54, 1.807) is 18.3 Å². The zero-order chi connectivity index (χ0) is 21.0. The third-order valence-corrected chi connectivity index (χ3v) is 4.78. The molecule has 2 heterocycles. The van der Waals surface area contributed by atoms with Crippen LogP contribution in [0.1, 0.15) is 28.8 Å². The van der Waals surface area contributed by atoms with Gasteiger partial charge in [0.15, 0.2) is 0 Å². The van der Waals surface area contributed by atoms with Crippen LogP contribution in [0.15, 0.2) is 36.5 Å². The number of nitrogens with one attached hydrogen (secondary N) is 1. The summed E-state index contributed by atoms with van der Waals surface area (Å²) in [4.78, 5) is 43.4. The fraction of sp³-hybridized carbons (Fsp3) is 0.350. The second-order valence-corrected chi connectivity index (χ2v) is 7.08. The summed E-state index contributed by atoms with van der Waals surface area (Å²) in [5.74, 6) is -0.431. The first-order chi connectivity index (χ1) is 13.8. The molecule has 0 radical (unpaired) electrons. The van der Waals surface area contributed by atoms with Gasteiger partial charge in [0.05, 0.1) is 22.7 Å². The van der Waals surface area contributed by atoms with Crippen LogP contribution >= 0.6 is 0 Å². The van der Waals surface area contributed by atoms with Gasteiger partial charge in [-0.1, -0.05) is 0 Å². The first-order valence-electron chi connectivity index (χ1n) is 9.36. The Morgan fingerprint density at radius 1 is 1.24 bits per heavy atom. The minimum Gasteiger partial charge on any atom is -0.371 e. The minimum absolute atomic E-state index is 0.155. The van der Waals surface area contributed by atoms with Crippen molar-refractivity contribution >= 4 is 29.0 Å². The monoisotopic (exact) mass is 397 g/mol. The molecule has 3 rings (SSSR count). The Morgan fingerprint density at radius 2 is 1.97 bits per heavy atom. The van der Waals surface area contributed by atoms with Gasteiger partial charge in [0, 0.05) is 38.5 Å². The average molecular weight is 397 g/mol. The summed E-state index contributed by atoms with van der Waals surface area (Å²) in [5, 5.41) is 13.8. The number of non-ortho nitro benzene ring substituents is 1. The molecule has 9 heteroatoms. The van der Waals surface area contributed by atoms with Crippen LogP contribution in [0.4, 0.5) is 17.2 Å². The number of rotatable bonds is 6. The van der Waals surface area contributed by atoms with E-state index in [1.807, 2.05) is 17.9 Å². The molecule has 0 bridgehead atoms. The SMILES string of the molecule is Cc1ccnc(NC(=O)CN(C)C(=O)c2cc([N+](=O)[O-])ccc2N2CCCC2)c1. The van der Waals surface area contributed by atoms with E-state index < -0.39 is 16.7 Å². The van der Waals surface area contributed by atoms with Crippen molar-refractivity contribution < 1.29 is 14.5 Å². The molecule has 0 unspecified atom stereocenters. The second-order valence-electron chi connectivity index (χ2n) is 7.08. The number of anilines is 2. The van der Waals surface area contributed by atoms with Crippen molar-refractivity contribution in [3.8, 4) is 0 Å². The average Bonchev–Trinajstić information content (AvgIpc) is 3.21. The Labute approximate surface area is 168 Å². The van der Waals surface area contributed by atoms with Crippen molar-refractivity contribution in [1.82, 2.24) is 9.88 Å². The summed E-state index contributed by atoms with van der Waals surface area (Å²) >= 11 is 0. The Balaban J connectivity index is 1.77. The standard InChI is InChI=1S/C20H23N5O4/c1-14-7-8-21-18(11-14)22-19(26)13-23(2)20(27)16-12-15(25(28)29)5-6-17(16)24-9-3-4-10-24/h5-8,11-12H,3-4,9-10,13H2,1-2H3,(H,21,22,26). The van der Waals surface area contributed by atoms with Crippen LogP contribution in [-0.2, 0) is 4.79 Å². The van der Waals surface area contributed by atoms with Crippen molar-refractivity contribution in [2.75, 3.05) is 36.9 Å². The van der Waals surface area contributed by atoms with Crippen LogP contribution in [0.3, 0.4) is 0 Å². The number of nitrogens with zero attached hydrogens (tertiary/aromatic N) is 4. The molecule has 29 heavy (non-hydrogen) atoms. The maximum atomic E-state index is 13.0. The number of likely N-dealkylation sites (N-methyl/N-ethyl adjacent to an activating group) is 1. The van der Waals surface area contributed by atoms with E-state index in [4.69, 9.17) is 0 Å². The molecule has 152 valence electrons. The lowest BCUT2D eigenvalue weighted by molar-refractivity contribution is -0.384. The van der Waals surface area contributed by atoms with E-state index >= 15 is 0 Å². The van der Waals surface area contributed by atoms with Gasteiger partial charge >= 0.3 is 0 Å². The van der Waals surface area contributed by atoms with Crippen molar-refractivity contribution in [2.45, 2.75) is 19.8 Å². The lowest BCUT2D eigenvalue weighted by Crippen LogP contribution is -2.36. The molecule has 1 fully saturated rings. The molecule has 0 aliphatic carbocycles. The molecule has 1 aromatic carbocycles. The predicted molar refractivity (Wildman–Crippen MR) is 109 cm³/mol. The van der Waals surface area contributed by atoms with Crippen LogP contribution in [0, 0.1) is 17.0 Å². The fourth-order valence-electron chi connectivity index (χ4n) is 3.32. The van der Waals surface area contributed by atoms with E-state index in [1.165, 1.54) is 24.1 Å². The largest absolute Gasteiger partial charge is 0.371 e.